The number of nitrogen functional groups attached to an aromatic ring is 1. The van der Waals surface area contributed by atoms with Crippen LogP contribution in [-0.2, 0) is 10.0 Å². The highest BCUT2D eigenvalue weighted by Gasteiger charge is 2.25. The van der Waals surface area contributed by atoms with Gasteiger partial charge < -0.3 is 10.3 Å². The van der Waals surface area contributed by atoms with Gasteiger partial charge in [0.15, 0.2) is 5.78 Å². The molecule has 0 bridgehead atoms. The number of ketones is 1. The molecule has 0 spiro atoms. The molecular formula is C21H25N5O3S. The number of benzene rings is 1. The summed E-state index contributed by atoms with van der Waals surface area (Å²) < 4.78 is 28.9. The zero-order chi connectivity index (χ0) is 21.5. The SMILES string of the molecule is CC(C)S(=O)(=O)Nc1cccc(C(=O)c2cn(C3CCCC3)c3ncnc(N)c23)c1. The van der Waals surface area contributed by atoms with E-state index < -0.39 is 15.3 Å². The molecule has 158 valence electrons. The topological polar surface area (TPSA) is 120 Å². The van der Waals surface area contributed by atoms with Gasteiger partial charge in [-0.2, -0.15) is 0 Å². The highest BCUT2D eigenvalue weighted by atomic mass is 32.2. The molecule has 0 saturated heterocycles. The first-order valence-corrected chi connectivity index (χ1v) is 11.6. The van der Waals surface area contributed by atoms with Crippen molar-refractivity contribution in [2.75, 3.05) is 10.5 Å². The molecular weight excluding hydrogens is 402 g/mol. The molecule has 0 atom stereocenters. The largest absolute Gasteiger partial charge is 0.383 e. The van der Waals surface area contributed by atoms with E-state index in [1.165, 1.54) is 6.33 Å². The minimum absolute atomic E-state index is 0.246. The number of fused-ring (bicyclic) bond motifs is 1. The Hall–Kier alpha value is -2.94. The van der Waals surface area contributed by atoms with Crippen molar-refractivity contribution in [3.05, 3.63) is 47.9 Å². The fourth-order valence-corrected chi connectivity index (χ4v) is 4.59. The Morgan fingerprint density at radius 1 is 1.23 bits per heavy atom. The van der Waals surface area contributed by atoms with Crippen molar-refractivity contribution in [3.8, 4) is 0 Å². The Balaban J connectivity index is 1.76. The summed E-state index contributed by atoms with van der Waals surface area (Å²) in [6.07, 6.45) is 7.59. The maximum atomic E-state index is 13.4. The van der Waals surface area contributed by atoms with Crippen molar-refractivity contribution in [1.29, 1.82) is 0 Å². The fraction of sp³-hybridized carbons (Fsp3) is 0.381. The van der Waals surface area contributed by atoms with Crippen LogP contribution in [-0.4, -0.2) is 34.0 Å². The molecule has 30 heavy (non-hydrogen) atoms. The van der Waals surface area contributed by atoms with Gasteiger partial charge in [0, 0.05) is 23.5 Å². The van der Waals surface area contributed by atoms with Crippen molar-refractivity contribution < 1.29 is 13.2 Å². The Morgan fingerprint density at radius 3 is 2.67 bits per heavy atom. The van der Waals surface area contributed by atoms with Crippen LogP contribution in [0.2, 0.25) is 0 Å². The summed E-state index contributed by atoms with van der Waals surface area (Å²) in [6.45, 7) is 3.19. The van der Waals surface area contributed by atoms with Gasteiger partial charge in [0.2, 0.25) is 10.0 Å². The van der Waals surface area contributed by atoms with E-state index in [2.05, 4.69) is 14.7 Å². The van der Waals surface area contributed by atoms with Crippen LogP contribution < -0.4 is 10.5 Å². The van der Waals surface area contributed by atoms with Crippen LogP contribution in [0.1, 0.15) is 61.5 Å². The normalized spacial score (nSPS) is 15.2. The van der Waals surface area contributed by atoms with Crippen LogP contribution in [0.4, 0.5) is 11.5 Å². The molecule has 1 saturated carbocycles. The first-order chi connectivity index (χ1) is 14.3. The molecule has 4 rings (SSSR count). The molecule has 0 radical (unpaired) electrons. The van der Waals surface area contributed by atoms with Crippen LogP contribution >= 0.6 is 0 Å². The van der Waals surface area contributed by atoms with Crippen molar-refractivity contribution in [2.24, 2.45) is 0 Å². The molecule has 0 unspecified atom stereocenters. The monoisotopic (exact) mass is 427 g/mol. The fourth-order valence-electron chi connectivity index (χ4n) is 3.90. The lowest BCUT2D eigenvalue weighted by atomic mass is 10.0. The average Bonchev–Trinajstić information content (AvgIpc) is 3.35. The van der Waals surface area contributed by atoms with Gasteiger partial charge in [0.05, 0.1) is 16.2 Å². The minimum atomic E-state index is -3.51. The second-order valence-corrected chi connectivity index (χ2v) is 10.2. The number of nitrogens with zero attached hydrogens (tertiary/aromatic N) is 3. The summed E-state index contributed by atoms with van der Waals surface area (Å²) in [5.41, 5.74) is 7.93. The lowest BCUT2D eigenvalue weighted by molar-refractivity contribution is 0.104. The van der Waals surface area contributed by atoms with Gasteiger partial charge in [0.25, 0.3) is 0 Å². The summed E-state index contributed by atoms with van der Waals surface area (Å²) in [4.78, 5) is 21.9. The number of hydrogen-bond acceptors (Lipinski definition) is 6. The number of nitrogens with one attached hydrogen (secondary N) is 1. The number of hydrogen-bond donors (Lipinski definition) is 2. The third-order valence-electron chi connectivity index (χ3n) is 5.61. The van der Waals surface area contributed by atoms with Gasteiger partial charge in [-0.25, -0.2) is 18.4 Å². The van der Waals surface area contributed by atoms with Gasteiger partial charge in [-0.15, -0.1) is 0 Å². The van der Waals surface area contributed by atoms with Crippen molar-refractivity contribution >= 4 is 38.3 Å². The number of carbonyl (C=O) groups is 1. The Labute approximate surface area is 175 Å². The van der Waals surface area contributed by atoms with E-state index in [0.29, 0.717) is 27.8 Å². The van der Waals surface area contributed by atoms with Crippen molar-refractivity contribution in [2.45, 2.75) is 50.8 Å². The summed E-state index contributed by atoms with van der Waals surface area (Å²) >= 11 is 0. The number of carbonyl (C=O) groups excluding carboxylic acids is 1. The van der Waals surface area contributed by atoms with Crippen LogP contribution in [0.25, 0.3) is 11.0 Å². The lowest BCUT2D eigenvalue weighted by Gasteiger charge is -2.12. The maximum absolute atomic E-state index is 13.4. The Kier molecular flexibility index (Phi) is 5.23. The third kappa shape index (κ3) is 3.65. The molecule has 3 aromatic rings. The Bertz CT molecular complexity index is 1210. The zero-order valence-corrected chi connectivity index (χ0v) is 17.8. The molecule has 8 nitrogen and oxygen atoms in total. The van der Waals surface area contributed by atoms with Crippen molar-refractivity contribution in [1.82, 2.24) is 14.5 Å². The smallest absolute Gasteiger partial charge is 0.235 e. The lowest BCUT2D eigenvalue weighted by Crippen LogP contribution is -2.22. The average molecular weight is 428 g/mol. The second kappa shape index (κ2) is 7.71. The van der Waals surface area contributed by atoms with Crippen LogP contribution in [0.15, 0.2) is 36.8 Å². The highest BCUT2D eigenvalue weighted by Crippen LogP contribution is 2.35. The number of nitrogens with two attached hydrogens (primary N) is 1. The molecule has 2 heterocycles. The van der Waals surface area contributed by atoms with Gasteiger partial charge in [0.1, 0.15) is 17.8 Å². The van der Waals surface area contributed by atoms with Gasteiger partial charge in [-0.1, -0.05) is 25.0 Å². The van der Waals surface area contributed by atoms with E-state index in [-0.39, 0.29) is 17.6 Å². The summed E-state index contributed by atoms with van der Waals surface area (Å²) in [7, 11) is -3.51. The molecule has 1 aliphatic rings. The number of rotatable bonds is 6. The standard InChI is InChI=1S/C21H25N5O3S/c1-13(2)30(28,29)25-15-7-5-6-14(10-15)19(27)17-11-26(16-8-3-4-9-16)21-18(17)20(22)23-12-24-21/h5-7,10-13,16,25H,3-4,8-9H2,1-2H3,(H2,22,23,24). The quantitative estimate of drug-likeness (QED) is 0.581. The first-order valence-electron chi connectivity index (χ1n) is 10.1. The van der Waals surface area contributed by atoms with E-state index in [0.717, 1.165) is 25.7 Å². The van der Waals surface area contributed by atoms with Crippen LogP contribution in [0.5, 0.6) is 0 Å². The molecule has 1 fully saturated rings. The van der Waals surface area contributed by atoms with E-state index in [1.54, 1.807) is 38.1 Å². The van der Waals surface area contributed by atoms with Gasteiger partial charge in [-0.3, -0.25) is 9.52 Å². The minimum Gasteiger partial charge on any atom is -0.383 e. The molecule has 2 aromatic heterocycles. The highest BCUT2D eigenvalue weighted by molar-refractivity contribution is 7.93. The van der Waals surface area contributed by atoms with Crippen LogP contribution in [0.3, 0.4) is 0 Å². The first kappa shape index (κ1) is 20.3. The molecule has 1 aromatic carbocycles. The van der Waals surface area contributed by atoms with Gasteiger partial charge in [-0.05, 0) is 38.8 Å². The molecule has 9 heteroatoms. The van der Waals surface area contributed by atoms with Crippen molar-refractivity contribution in [3.63, 3.8) is 0 Å². The van der Waals surface area contributed by atoms with E-state index in [9.17, 15) is 13.2 Å². The zero-order valence-electron chi connectivity index (χ0n) is 17.0. The molecule has 1 aliphatic carbocycles. The van der Waals surface area contributed by atoms with E-state index in [4.69, 9.17) is 5.73 Å². The van der Waals surface area contributed by atoms with E-state index in [1.807, 2.05) is 10.8 Å². The number of aromatic nitrogens is 3. The molecule has 0 amide bonds. The van der Waals surface area contributed by atoms with Gasteiger partial charge >= 0.3 is 0 Å². The predicted molar refractivity (Wildman–Crippen MR) is 117 cm³/mol. The maximum Gasteiger partial charge on any atom is 0.235 e. The summed E-state index contributed by atoms with van der Waals surface area (Å²) in [5, 5.41) is -0.0410. The summed E-state index contributed by atoms with van der Waals surface area (Å²) in [6, 6.07) is 6.76. The van der Waals surface area contributed by atoms with E-state index >= 15 is 0 Å². The second-order valence-electron chi connectivity index (χ2n) is 7.95. The number of anilines is 2. The molecule has 0 aliphatic heterocycles. The third-order valence-corrected chi connectivity index (χ3v) is 7.37. The number of sulfonamides is 1. The molecule has 3 N–H and O–H groups in total. The van der Waals surface area contributed by atoms with Crippen LogP contribution in [0, 0.1) is 0 Å². The summed E-state index contributed by atoms with van der Waals surface area (Å²) in [5.74, 6) is 0.0144. The predicted octanol–water partition coefficient (Wildman–Crippen LogP) is 3.51. The Morgan fingerprint density at radius 2 is 1.97 bits per heavy atom.